The Hall–Kier alpha value is -2.57. The molecule has 0 bridgehead atoms. The van der Waals surface area contributed by atoms with Gasteiger partial charge in [0, 0.05) is 12.1 Å². The number of amides is 1. The molecule has 7 heteroatoms. The topological polar surface area (TPSA) is 83.6 Å². The van der Waals surface area contributed by atoms with Crippen molar-refractivity contribution in [2.24, 2.45) is 0 Å². The van der Waals surface area contributed by atoms with Crippen molar-refractivity contribution in [2.45, 2.75) is 20.4 Å². The Labute approximate surface area is 115 Å². The zero-order valence-corrected chi connectivity index (χ0v) is 11.1. The lowest BCUT2D eigenvalue weighted by Gasteiger charge is -2.05. The van der Waals surface area contributed by atoms with Crippen LogP contribution in [-0.4, -0.2) is 26.5 Å². The van der Waals surface area contributed by atoms with Gasteiger partial charge in [0.15, 0.2) is 5.83 Å². The van der Waals surface area contributed by atoms with Crippen LogP contribution in [0, 0.1) is 0 Å². The Morgan fingerprint density at radius 1 is 1.30 bits per heavy atom. The fraction of sp³-hybridized carbons (Fsp3) is 0.231. The second kappa shape index (κ2) is 6.05. The summed E-state index contributed by atoms with van der Waals surface area (Å²) in [4.78, 5) is 11.4. The Kier molecular flexibility index (Phi) is 4.19. The summed E-state index contributed by atoms with van der Waals surface area (Å²) >= 11 is 0. The van der Waals surface area contributed by atoms with E-state index in [9.17, 15) is 9.18 Å². The summed E-state index contributed by atoms with van der Waals surface area (Å²) in [5, 5.41) is 16.1. The third-order valence-corrected chi connectivity index (χ3v) is 2.65. The minimum Gasteiger partial charge on any atom is -0.346 e. The normalized spacial score (nSPS) is 10.2. The van der Waals surface area contributed by atoms with Gasteiger partial charge in [0.2, 0.25) is 5.82 Å². The van der Waals surface area contributed by atoms with Crippen LogP contribution in [-0.2, 0) is 11.3 Å². The van der Waals surface area contributed by atoms with Gasteiger partial charge in [0.25, 0.3) is 5.91 Å². The predicted octanol–water partition coefficient (Wildman–Crippen LogP) is 1.75. The smallest absolute Gasteiger partial charge is 0.280 e. The third kappa shape index (κ3) is 3.25. The molecule has 0 saturated heterocycles. The largest absolute Gasteiger partial charge is 0.346 e. The molecule has 0 radical (unpaired) electrons. The predicted molar refractivity (Wildman–Crippen MR) is 70.9 cm³/mol. The second-order valence-corrected chi connectivity index (χ2v) is 4.43. The molecule has 1 aromatic carbocycles. The number of nitrogens with zero attached hydrogens (tertiary/aromatic N) is 3. The maximum Gasteiger partial charge on any atom is 0.280 e. The van der Waals surface area contributed by atoms with E-state index in [-0.39, 0.29) is 6.54 Å². The number of H-pyrrole nitrogens is 1. The van der Waals surface area contributed by atoms with Gasteiger partial charge < -0.3 is 5.32 Å². The lowest BCUT2D eigenvalue weighted by Crippen LogP contribution is -2.23. The van der Waals surface area contributed by atoms with E-state index in [1.807, 2.05) is 24.3 Å². The van der Waals surface area contributed by atoms with Crippen molar-refractivity contribution in [1.29, 1.82) is 0 Å². The van der Waals surface area contributed by atoms with Crippen LogP contribution in [0.3, 0.4) is 0 Å². The average Bonchev–Trinajstić information content (AvgIpc) is 2.98. The fourth-order valence-corrected chi connectivity index (χ4v) is 1.54. The molecule has 0 spiro atoms. The van der Waals surface area contributed by atoms with E-state index in [0.29, 0.717) is 11.4 Å². The average molecular weight is 275 g/mol. The number of hydrogen-bond donors (Lipinski definition) is 2. The van der Waals surface area contributed by atoms with Crippen molar-refractivity contribution >= 4 is 5.91 Å². The highest BCUT2D eigenvalue weighted by Gasteiger charge is 2.09. The summed E-state index contributed by atoms with van der Waals surface area (Å²) in [5.41, 5.74) is 2.02. The minimum absolute atomic E-state index is 0.256. The number of nitrogens with one attached hydrogen (secondary N) is 2. The van der Waals surface area contributed by atoms with Crippen molar-refractivity contribution in [3.05, 3.63) is 41.2 Å². The molecular weight excluding hydrogens is 261 g/mol. The molecule has 6 nitrogen and oxygen atoms in total. The number of aromatic nitrogens is 4. The van der Waals surface area contributed by atoms with E-state index in [1.54, 1.807) is 13.8 Å². The first-order chi connectivity index (χ1) is 9.58. The molecule has 104 valence electrons. The molecule has 1 aromatic heterocycles. The van der Waals surface area contributed by atoms with Gasteiger partial charge in [-0.15, -0.1) is 10.2 Å². The van der Waals surface area contributed by atoms with E-state index in [0.717, 1.165) is 11.1 Å². The number of carbonyl (C=O) groups is 1. The molecule has 0 aliphatic heterocycles. The number of halogens is 1. The molecule has 0 fully saturated rings. The Morgan fingerprint density at radius 2 is 2.00 bits per heavy atom. The summed E-state index contributed by atoms with van der Waals surface area (Å²) in [7, 11) is 0. The van der Waals surface area contributed by atoms with Crippen LogP contribution in [0.25, 0.3) is 11.4 Å². The van der Waals surface area contributed by atoms with Crippen LogP contribution in [0.5, 0.6) is 0 Å². The highest BCUT2D eigenvalue weighted by molar-refractivity contribution is 5.91. The van der Waals surface area contributed by atoms with E-state index in [4.69, 9.17) is 0 Å². The van der Waals surface area contributed by atoms with Gasteiger partial charge in [-0.25, -0.2) is 4.39 Å². The highest BCUT2D eigenvalue weighted by Crippen LogP contribution is 2.14. The Bertz CT molecular complexity index is 615. The summed E-state index contributed by atoms with van der Waals surface area (Å²) in [6.07, 6.45) is 0. The monoisotopic (exact) mass is 275 g/mol. The first-order valence-electron chi connectivity index (χ1n) is 6.02. The molecule has 2 N–H and O–H groups in total. The van der Waals surface area contributed by atoms with E-state index in [2.05, 4.69) is 25.9 Å². The fourth-order valence-electron chi connectivity index (χ4n) is 1.54. The summed E-state index contributed by atoms with van der Waals surface area (Å²) in [6, 6.07) is 7.24. The zero-order chi connectivity index (χ0) is 14.5. The number of allylic oxidation sites excluding steroid dienone is 1. The SMILES string of the molecule is CC(C)=C(F)C(=O)NCc1ccc(-c2nn[nH]n2)cc1. The number of carbonyl (C=O) groups excluding carboxylic acids is 1. The minimum atomic E-state index is -0.742. The Balaban J connectivity index is 1.98. The molecule has 1 heterocycles. The van der Waals surface area contributed by atoms with E-state index >= 15 is 0 Å². The summed E-state index contributed by atoms with van der Waals surface area (Å²) in [6.45, 7) is 3.36. The molecule has 0 atom stereocenters. The molecule has 0 unspecified atom stereocenters. The maximum absolute atomic E-state index is 13.3. The molecule has 2 aromatic rings. The van der Waals surface area contributed by atoms with Gasteiger partial charge in [-0.05, 0) is 30.2 Å². The molecule has 0 saturated carbocycles. The van der Waals surface area contributed by atoms with Crippen LogP contribution < -0.4 is 5.32 Å². The van der Waals surface area contributed by atoms with E-state index < -0.39 is 11.7 Å². The number of hydrogen-bond acceptors (Lipinski definition) is 4. The number of tetrazole rings is 1. The van der Waals surface area contributed by atoms with Gasteiger partial charge in [-0.2, -0.15) is 5.21 Å². The van der Waals surface area contributed by atoms with Crippen molar-refractivity contribution in [3.8, 4) is 11.4 Å². The summed E-state index contributed by atoms with van der Waals surface area (Å²) < 4.78 is 13.3. The highest BCUT2D eigenvalue weighted by atomic mass is 19.1. The quantitative estimate of drug-likeness (QED) is 0.833. The molecule has 0 aliphatic carbocycles. The standard InChI is InChI=1S/C13H14FN5O/c1-8(2)11(14)13(20)15-7-9-3-5-10(6-4-9)12-16-18-19-17-12/h3-6H,7H2,1-2H3,(H,15,20)(H,16,17,18,19). The Morgan fingerprint density at radius 3 is 2.55 bits per heavy atom. The second-order valence-electron chi connectivity index (χ2n) is 4.43. The first kappa shape index (κ1) is 13.9. The lowest BCUT2D eigenvalue weighted by atomic mass is 10.1. The van der Waals surface area contributed by atoms with Crippen LogP contribution in [0.1, 0.15) is 19.4 Å². The van der Waals surface area contributed by atoms with Crippen molar-refractivity contribution < 1.29 is 9.18 Å². The number of benzene rings is 1. The third-order valence-electron chi connectivity index (χ3n) is 2.65. The van der Waals surface area contributed by atoms with Gasteiger partial charge in [-0.3, -0.25) is 4.79 Å². The first-order valence-corrected chi connectivity index (χ1v) is 6.02. The van der Waals surface area contributed by atoms with E-state index in [1.165, 1.54) is 0 Å². The van der Waals surface area contributed by atoms with Crippen LogP contribution in [0.2, 0.25) is 0 Å². The lowest BCUT2D eigenvalue weighted by molar-refractivity contribution is -0.119. The van der Waals surface area contributed by atoms with Gasteiger partial charge in [0.05, 0.1) is 0 Å². The van der Waals surface area contributed by atoms with Crippen LogP contribution >= 0.6 is 0 Å². The molecule has 1 amide bonds. The van der Waals surface area contributed by atoms with Crippen LogP contribution in [0.4, 0.5) is 4.39 Å². The van der Waals surface area contributed by atoms with Crippen LogP contribution in [0.15, 0.2) is 35.7 Å². The van der Waals surface area contributed by atoms with Crippen molar-refractivity contribution in [2.75, 3.05) is 0 Å². The van der Waals surface area contributed by atoms with Gasteiger partial charge in [0.1, 0.15) is 0 Å². The van der Waals surface area contributed by atoms with Gasteiger partial charge in [-0.1, -0.05) is 24.3 Å². The molecular formula is C13H14FN5O. The van der Waals surface area contributed by atoms with Crippen molar-refractivity contribution in [3.63, 3.8) is 0 Å². The van der Waals surface area contributed by atoms with Crippen molar-refractivity contribution in [1.82, 2.24) is 25.9 Å². The molecule has 0 aliphatic rings. The molecule has 2 rings (SSSR count). The zero-order valence-electron chi connectivity index (χ0n) is 11.1. The number of aromatic amines is 1. The number of rotatable bonds is 4. The molecule has 20 heavy (non-hydrogen) atoms. The van der Waals surface area contributed by atoms with Gasteiger partial charge >= 0.3 is 0 Å². The maximum atomic E-state index is 13.3. The summed E-state index contributed by atoms with van der Waals surface area (Å²) in [5.74, 6) is -0.947.